The van der Waals surface area contributed by atoms with E-state index in [9.17, 15) is 0 Å². The molecule has 1 saturated carbocycles. The van der Waals surface area contributed by atoms with Crippen molar-refractivity contribution in [3.05, 3.63) is 52.5 Å². The monoisotopic (exact) mass is 417 g/mol. The minimum absolute atomic E-state index is 0.129. The summed E-state index contributed by atoms with van der Waals surface area (Å²) in [6, 6.07) is 11.9. The molecule has 2 aromatic rings. The van der Waals surface area contributed by atoms with Gasteiger partial charge in [0.15, 0.2) is 17.5 Å². The number of benzene rings is 2. The molecule has 0 bridgehead atoms. The van der Waals surface area contributed by atoms with E-state index in [1.807, 2.05) is 24.3 Å². The van der Waals surface area contributed by atoms with Gasteiger partial charge in [0.2, 0.25) is 5.75 Å². The maximum Gasteiger partial charge on any atom is 0.203 e. The Morgan fingerprint density at radius 3 is 2.38 bits per heavy atom. The van der Waals surface area contributed by atoms with Crippen molar-refractivity contribution in [1.82, 2.24) is 10.6 Å². The summed E-state index contributed by atoms with van der Waals surface area (Å²) in [5.41, 5.74) is 2.35. The highest BCUT2D eigenvalue weighted by Gasteiger charge is 2.44. The third kappa shape index (κ3) is 4.70. The number of hydrogen-bond acceptors (Lipinski definition) is 4. The summed E-state index contributed by atoms with van der Waals surface area (Å²) >= 11 is 6.17. The van der Waals surface area contributed by atoms with Crippen LogP contribution in [0.2, 0.25) is 5.02 Å². The molecule has 7 heteroatoms. The summed E-state index contributed by atoms with van der Waals surface area (Å²) < 4.78 is 16.4. The van der Waals surface area contributed by atoms with Gasteiger partial charge in [-0.25, -0.2) is 0 Å². The molecule has 0 spiro atoms. The van der Waals surface area contributed by atoms with Crippen LogP contribution in [-0.2, 0) is 12.0 Å². The van der Waals surface area contributed by atoms with Gasteiger partial charge in [-0.15, -0.1) is 0 Å². The van der Waals surface area contributed by atoms with Crippen molar-refractivity contribution in [3.63, 3.8) is 0 Å². The van der Waals surface area contributed by atoms with Crippen LogP contribution in [0.5, 0.6) is 17.2 Å². The highest BCUT2D eigenvalue weighted by molar-refractivity contribution is 6.30. The van der Waals surface area contributed by atoms with Crippen LogP contribution >= 0.6 is 11.6 Å². The predicted octanol–water partition coefficient (Wildman–Crippen LogP) is 3.76. The van der Waals surface area contributed by atoms with Gasteiger partial charge >= 0.3 is 0 Å². The lowest BCUT2D eigenvalue weighted by molar-refractivity contribution is 0.322. The Hall–Kier alpha value is -2.60. The quantitative estimate of drug-likeness (QED) is 0.505. The molecule has 1 aliphatic rings. The first-order chi connectivity index (χ1) is 14.1. The molecule has 0 amide bonds. The Bertz CT molecular complexity index is 882. The van der Waals surface area contributed by atoms with Crippen molar-refractivity contribution < 1.29 is 14.2 Å². The van der Waals surface area contributed by atoms with Crippen molar-refractivity contribution in [2.45, 2.75) is 24.8 Å². The van der Waals surface area contributed by atoms with Crippen LogP contribution in [0.15, 0.2) is 41.4 Å². The van der Waals surface area contributed by atoms with E-state index in [1.165, 1.54) is 5.56 Å². The number of halogens is 1. The topological polar surface area (TPSA) is 64.1 Å². The van der Waals surface area contributed by atoms with Gasteiger partial charge in [-0.1, -0.05) is 23.7 Å². The van der Waals surface area contributed by atoms with Crippen LogP contribution in [-0.4, -0.2) is 40.9 Å². The third-order valence-electron chi connectivity index (χ3n) is 5.34. The molecule has 0 atom stereocenters. The van der Waals surface area contributed by atoms with Crippen LogP contribution in [0, 0.1) is 0 Å². The van der Waals surface area contributed by atoms with Gasteiger partial charge in [0.1, 0.15) is 0 Å². The number of aliphatic imine (C=N–C) groups is 1. The van der Waals surface area contributed by atoms with E-state index in [0.29, 0.717) is 23.8 Å². The van der Waals surface area contributed by atoms with Crippen LogP contribution in [0.1, 0.15) is 24.0 Å². The lowest BCUT2D eigenvalue weighted by atomic mass is 9.96. The number of nitrogens with one attached hydrogen (secondary N) is 2. The van der Waals surface area contributed by atoms with Crippen molar-refractivity contribution in [2.75, 3.05) is 34.9 Å². The summed E-state index contributed by atoms with van der Waals surface area (Å²) in [7, 11) is 6.59. The number of nitrogens with zero attached hydrogens (tertiary/aromatic N) is 1. The second kappa shape index (κ2) is 9.27. The van der Waals surface area contributed by atoms with E-state index in [4.69, 9.17) is 25.8 Å². The zero-order valence-electron chi connectivity index (χ0n) is 17.3. The molecule has 2 aromatic carbocycles. The number of rotatable bonds is 8. The van der Waals surface area contributed by atoms with E-state index in [1.54, 1.807) is 28.4 Å². The average Bonchev–Trinajstić information content (AvgIpc) is 3.54. The molecule has 0 aliphatic heterocycles. The Balaban J connectivity index is 1.65. The number of methoxy groups -OCH3 is 3. The standard InChI is InChI=1S/C22H28ClN3O3/c1-24-21(26-14-22(10-11-22)16-6-5-7-17(23)12-16)25-13-15-8-9-18(27-2)20(29-4)19(15)28-3/h5-9,12H,10-11,13-14H2,1-4H3,(H2,24,25,26). The maximum atomic E-state index is 6.17. The van der Waals surface area contributed by atoms with E-state index in [0.717, 1.165) is 35.9 Å². The minimum atomic E-state index is 0.129. The van der Waals surface area contributed by atoms with Gasteiger partial charge in [0, 0.05) is 36.1 Å². The molecular formula is C22H28ClN3O3. The van der Waals surface area contributed by atoms with Crippen LogP contribution in [0.3, 0.4) is 0 Å². The summed E-state index contributed by atoms with van der Waals surface area (Å²) in [5.74, 6) is 2.59. The zero-order valence-corrected chi connectivity index (χ0v) is 18.1. The smallest absolute Gasteiger partial charge is 0.203 e. The number of hydrogen-bond donors (Lipinski definition) is 2. The molecule has 6 nitrogen and oxygen atoms in total. The predicted molar refractivity (Wildman–Crippen MR) is 117 cm³/mol. The molecule has 0 unspecified atom stereocenters. The van der Waals surface area contributed by atoms with E-state index in [2.05, 4.69) is 27.8 Å². The first-order valence-corrected chi connectivity index (χ1v) is 9.93. The van der Waals surface area contributed by atoms with Gasteiger partial charge in [-0.05, 0) is 42.7 Å². The average molecular weight is 418 g/mol. The molecule has 156 valence electrons. The Morgan fingerprint density at radius 1 is 1.03 bits per heavy atom. The molecule has 0 radical (unpaired) electrons. The highest BCUT2D eigenvalue weighted by Crippen LogP contribution is 2.48. The minimum Gasteiger partial charge on any atom is -0.493 e. The molecule has 0 saturated heterocycles. The van der Waals surface area contributed by atoms with E-state index < -0.39 is 0 Å². The van der Waals surface area contributed by atoms with Gasteiger partial charge in [-0.3, -0.25) is 4.99 Å². The fourth-order valence-corrected chi connectivity index (χ4v) is 3.68. The van der Waals surface area contributed by atoms with Crippen molar-refractivity contribution in [1.29, 1.82) is 0 Å². The largest absolute Gasteiger partial charge is 0.493 e. The SMILES string of the molecule is CN=C(NCc1ccc(OC)c(OC)c1OC)NCC1(c2cccc(Cl)c2)CC1. The van der Waals surface area contributed by atoms with Gasteiger partial charge < -0.3 is 24.8 Å². The fourth-order valence-electron chi connectivity index (χ4n) is 3.49. The summed E-state index contributed by atoms with van der Waals surface area (Å²) in [4.78, 5) is 4.35. The lowest BCUT2D eigenvalue weighted by Crippen LogP contribution is -2.41. The van der Waals surface area contributed by atoms with E-state index >= 15 is 0 Å². The second-order valence-electron chi connectivity index (χ2n) is 7.06. The Morgan fingerprint density at radius 2 is 1.79 bits per heavy atom. The fraction of sp³-hybridized carbons (Fsp3) is 0.409. The lowest BCUT2D eigenvalue weighted by Gasteiger charge is -2.20. The van der Waals surface area contributed by atoms with E-state index in [-0.39, 0.29) is 5.41 Å². The van der Waals surface area contributed by atoms with Crippen molar-refractivity contribution >= 4 is 17.6 Å². The first kappa shape index (κ1) is 21.1. The molecule has 0 heterocycles. The molecular weight excluding hydrogens is 390 g/mol. The van der Waals surface area contributed by atoms with Crippen LogP contribution in [0.4, 0.5) is 0 Å². The Labute approximate surface area is 177 Å². The molecule has 3 rings (SSSR count). The van der Waals surface area contributed by atoms with Gasteiger partial charge in [0.05, 0.1) is 21.3 Å². The summed E-state index contributed by atoms with van der Waals surface area (Å²) in [6.45, 7) is 1.34. The van der Waals surface area contributed by atoms with Crippen molar-refractivity contribution in [2.24, 2.45) is 4.99 Å². The second-order valence-corrected chi connectivity index (χ2v) is 7.50. The summed E-state index contributed by atoms with van der Waals surface area (Å²) in [5, 5.41) is 7.57. The molecule has 1 fully saturated rings. The van der Waals surface area contributed by atoms with Crippen LogP contribution < -0.4 is 24.8 Å². The van der Waals surface area contributed by atoms with Gasteiger partial charge in [0.25, 0.3) is 0 Å². The number of guanidine groups is 1. The molecule has 1 aliphatic carbocycles. The molecule has 0 aromatic heterocycles. The molecule has 29 heavy (non-hydrogen) atoms. The number of ether oxygens (including phenoxy) is 3. The van der Waals surface area contributed by atoms with Crippen molar-refractivity contribution in [3.8, 4) is 17.2 Å². The third-order valence-corrected chi connectivity index (χ3v) is 5.58. The maximum absolute atomic E-state index is 6.17. The Kier molecular flexibility index (Phi) is 6.75. The van der Waals surface area contributed by atoms with Gasteiger partial charge in [-0.2, -0.15) is 0 Å². The zero-order chi connectivity index (χ0) is 20.9. The normalized spacial score (nSPS) is 14.9. The highest BCUT2D eigenvalue weighted by atomic mass is 35.5. The molecule has 2 N–H and O–H groups in total. The van der Waals surface area contributed by atoms with Crippen LogP contribution in [0.25, 0.3) is 0 Å². The first-order valence-electron chi connectivity index (χ1n) is 9.55. The summed E-state index contributed by atoms with van der Waals surface area (Å²) in [6.07, 6.45) is 2.28.